The summed E-state index contributed by atoms with van der Waals surface area (Å²) < 4.78 is 5.58. The molecule has 0 bridgehead atoms. The fraction of sp³-hybridized carbons (Fsp3) is 0.824. The van der Waals surface area contributed by atoms with E-state index >= 15 is 0 Å². The molecule has 1 saturated heterocycles. The zero-order valence-electron chi connectivity index (χ0n) is 12.7. The molecule has 3 aliphatic rings. The fourth-order valence-corrected chi connectivity index (χ4v) is 4.66. The second-order valence-corrected chi connectivity index (χ2v) is 8.24. The number of fused-ring (bicyclic) bond motifs is 3. The number of ether oxygens (including phenoxy) is 1. The van der Waals surface area contributed by atoms with Crippen LogP contribution in [0.25, 0.3) is 0 Å². The number of hydrogen-bond donors (Lipinski definition) is 0. The van der Waals surface area contributed by atoms with Crippen molar-refractivity contribution < 1.29 is 9.53 Å². The Balaban J connectivity index is 2.00. The van der Waals surface area contributed by atoms with Gasteiger partial charge in [0.15, 0.2) is 0 Å². The third kappa shape index (κ3) is 1.95. The van der Waals surface area contributed by atoms with E-state index in [0.717, 1.165) is 18.6 Å². The monoisotopic (exact) mass is 262 g/mol. The molecule has 2 nitrogen and oxygen atoms in total. The Morgan fingerprint density at radius 1 is 1.16 bits per heavy atom. The molecule has 0 radical (unpaired) electrons. The van der Waals surface area contributed by atoms with Crippen molar-refractivity contribution >= 4 is 5.97 Å². The lowest BCUT2D eigenvalue weighted by Gasteiger charge is -2.58. The molecule has 1 aliphatic heterocycles. The van der Waals surface area contributed by atoms with E-state index in [1.165, 1.54) is 19.3 Å². The van der Waals surface area contributed by atoms with E-state index in [9.17, 15) is 4.79 Å². The minimum Gasteiger partial charge on any atom is -0.431 e. The average molecular weight is 262 g/mol. The maximum absolute atomic E-state index is 11.6. The smallest absolute Gasteiger partial charge is 0.310 e. The SMILES string of the molecule is CC1(C)CCC2(C)CC=C3OC(=O)CCC3(C)C2C1. The summed E-state index contributed by atoms with van der Waals surface area (Å²) in [5, 5.41) is 0. The summed E-state index contributed by atoms with van der Waals surface area (Å²) >= 11 is 0. The summed E-state index contributed by atoms with van der Waals surface area (Å²) in [6.45, 7) is 9.56. The van der Waals surface area contributed by atoms with Crippen LogP contribution in [-0.2, 0) is 9.53 Å². The molecule has 0 spiro atoms. The highest BCUT2D eigenvalue weighted by atomic mass is 16.5. The van der Waals surface area contributed by atoms with Gasteiger partial charge in [0.05, 0.1) is 0 Å². The second-order valence-electron chi connectivity index (χ2n) is 8.24. The Labute approximate surface area is 116 Å². The zero-order chi connectivity index (χ0) is 13.9. The van der Waals surface area contributed by atoms with Gasteiger partial charge >= 0.3 is 5.97 Å². The quantitative estimate of drug-likeness (QED) is 0.603. The van der Waals surface area contributed by atoms with E-state index in [0.29, 0.717) is 23.2 Å². The Morgan fingerprint density at radius 2 is 1.89 bits per heavy atom. The third-order valence-corrected chi connectivity index (χ3v) is 6.13. The summed E-state index contributed by atoms with van der Waals surface area (Å²) in [6, 6.07) is 0. The van der Waals surface area contributed by atoms with Crippen molar-refractivity contribution in [1.29, 1.82) is 0 Å². The molecule has 0 aromatic carbocycles. The topological polar surface area (TPSA) is 26.3 Å². The molecular formula is C17H26O2. The van der Waals surface area contributed by atoms with Gasteiger partial charge in [-0.2, -0.15) is 0 Å². The number of hydrogen-bond acceptors (Lipinski definition) is 2. The summed E-state index contributed by atoms with van der Waals surface area (Å²) in [5.74, 6) is 1.59. The van der Waals surface area contributed by atoms with Crippen molar-refractivity contribution in [3.8, 4) is 0 Å². The van der Waals surface area contributed by atoms with Gasteiger partial charge in [-0.15, -0.1) is 0 Å². The van der Waals surface area contributed by atoms with Crippen molar-refractivity contribution in [3.63, 3.8) is 0 Å². The minimum absolute atomic E-state index is 0.0394. The lowest BCUT2D eigenvalue weighted by Crippen LogP contribution is -2.51. The number of rotatable bonds is 0. The highest BCUT2D eigenvalue weighted by molar-refractivity contribution is 5.72. The Morgan fingerprint density at radius 3 is 2.63 bits per heavy atom. The molecule has 0 aromatic rings. The Bertz CT molecular complexity index is 448. The van der Waals surface area contributed by atoms with Gasteiger partial charge in [-0.3, -0.25) is 4.79 Å². The molecule has 2 aliphatic carbocycles. The lowest BCUT2D eigenvalue weighted by molar-refractivity contribution is -0.153. The van der Waals surface area contributed by atoms with Crippen molar-refractivity contribution in [1.82, 2.24) is 0 Å². The first-order valence-corrected chi connectivity index (χ1v) is 7.67. The van der Waals surface area contributed by atoms with E-state index in [1.54, 1.807) is 0 Å². The molecule has 0 N–H and O–H groups in total. The zero-order valence-corrected chi connectivity index (χ0v) is 12.7. The molecule has 2 heteroatoms. The molecule has 3 rings (SSSR count). The number of carbonyl (C=O) groups is 1. The van der Waals surface area contributed by atoms with E-state index in [-0.39, 0.29) is 11.4 Å². The summed E-state index contributed by atoms with van der Waals surface area (Å²) in [5.41, 5.74) is 0.910. The van der Waals surface area contributed by atoms with Crippen LogP contribution in [0.3, 0.4) is 0 Å². The first kappa shape index (κ1) is 13.2. The Hall–Kier alpha value is -0.790. The molecule has 0 aromatic heterocycles. The van der Waals surface area contributed by atoms with E-state index in [2.05, 4.69) is 33.8 Å². The standard InChI is InChI=1S/C17H26O2/c1-15(2)9-10-16(3)7-5-13-17(4,12(16)11-15)8-6-14(18)19-13/h5,12H,6-11H2,1-4H3. The molecular weight excluding hydrogens is 236 g/mol. The van der Waals surface area contributed by atoms with Gasteiger partial charge in [0, 0.05) is 11.8 Å². The van der Waals surface area contributed by atoms with Crippen LogP contribution in [0.2, 0.25) is 0 Å². The molecule has 106 valence electrons. The molecule has 0 amide bonds. The van der Waals surface area contributed by atoms with Gasteiger partial charge < -0.3 is 4.74 Å². The van der Waals surface area contributed by atoms with Gasteiger partial charge in [-0.1, -0.05) is 27.7 Å². The van der Waals surface area contributed by atoms with Crippen molar-refractivity contribution in [2.45, 2.75) is 66.2 Å². The van der Waals surface area contributed by atoms with Crippen molar-refractivity contribution in [2.75, 3.05) is 0 Å². The van der Waals surface area contributed by atoms with Gasteiger partial charge in [-0.25, -0.2) is 0 Å². The lowest BCUT2D eigenvalue weighted by atomic mass is 9.48. The van der Waals surface area contributed by atoms with Gasteiger partial charge in [-0.05, 0) is 54.9 Å². The maximum Gasteiger partial charge on any atom is 0.310 e. The van der Waals surface area contributed by atoms with Gasteiger partial charge in [0.25, 0.3) is 0 Å². The van der Waals surface area contributed by atoms with Crippen LogP contribution in [0.5, 0.6) is 0 Å². The minimum atomic E-state index is -0.0394. The van der Waals surface area contributed by atoms with Gasteiger partial charge in [0.2, 0.25) is 0 Å². The Kier molecular flexibility index (Phi) is 2.69. The molecule has 2 fully saturated rings. The highest BCUT2D eigenvalue weighted by Crippen LogP contribution is 2.63. The molecule has 3 atom stereocenters. The fourth-order valence-electron chi connectivity index (χ4n) is 4.66. The summed E-state index contributed by atoms with van der Waals surface area (Å²) in [4.78, 5) is 11.6. The van der Waals surface area contributed by atoms with Crippen LogP contribution in [0.4, 0.5) is 0 Å². The van der Waals surface area contributed by atoms with Crippen molar-refractivity contribution in [3.05, 3.63) is 11.8 Å². The molecule has 1 saturated carbocycles. The number of carbonyl (C=O) groups excluding carboxylic acids is 1. The predicted molar refractivity (Wildman–Crippen MR) is 75.4 cm³/mol. The highest BCUT2D eigenvalue weighted by Gasteiger charge is 2.56. The van der Waals surface area contributed by atoms with Crippen LogP contribution in [0, 0.1) is 22.2 Å². The summed E-state index contributed by atoms with van der Waals surface area (Å²) in [6.07, 6.45) is 8.72. The molecule has 1 heterocycles. The third-order valence-electron chi connectivity index (χ3n) is 6.13. The van der Waals surface area contributed by atoms with E-state index in [1.807, 2.05) is 0 Å². The van der Waals surface area contributed by atoms with Crippen LogP contribution < -0.4 is 0 Å². The second kappa shape index (κ2) is 3.86. The van der Waals surface area contributed by atoms with Gasteiger partial charge in [0.1, 0.15) is 5.76 Å². The predicted octanol–water partition coefficient (Wildman–Crippen LogP) is 4.45. The van der Waals surface area contributed by atoms with E-state index in [4.69, 9.17) is 4.74 Å². The normalized spacial score (nSPS) is 44.7. The molecule has 3 unspecified atom stereocenters. The van der Waals surface area contributed by atoms with Crippen LogP contribution in [0.15, 0.2) is 11.8 Å². The van der Waals surface area contributed by atoms with Crippen LogP contribution in [0.1, 0.15) is 66.2 Å². The molecule has 19 heavy (non-hydrogen) atoms. The van der Waals surface area contributed by atoms with Crippen LogP contribution in [-0.4, -0.2) is 5.97 Å². The van der Waals surface area contributed by atoms with E-state index < -0.39 is 0 Å². The summed E-state index contributed by atoms with van der Waals surface area (Å²) in [7, 11) is 0. The van der Waals surface area contributed by atoms with Crippen molar-refractivity contribution in [2.24, 2.45) is 22.2 Å². The first-order valence-electron chi connectivity index (χ1n) is 7.67. The number of allylic oxidation sites excluding steroid dienone is 2. The number of esters is 1. The van der Waals surface area contributed by atoms with Crippen LogP contribution >= 0.6 is 0 Å². The maximum atomic E-state index is 11.6. The largest absolute Gasteiger partial charge is 0.431 e. The first-order chi connectivity index (χ1) is 8.75. The average Bonchev–Trinajstić information content (AvgIpc) is 2.33.